The second-order valence-electron chi connectivity index (χ2n) is 13.3. The van der Waals surface area contributed by atoms with Crippen molar-refractivity contribution in [2.45, 2.75) is 125 Å². The van der Waals surface area contributed by atoms with Gasteiger partial charge < -0.3 is 4.90 Å². The second kappa shape index (κ2) is 12.3. The van der Waals surface area contributed by atoms with E-state index in [0.717, 1.165) is 23.7 Å². The Kier molecular flexibility index (Phi) is 10.4. The third-order valence-corrected chi connectivity index (χ3v) is 12.2. The molecule has 4 fully saturated rings. The van der Waals surface area contributed by atoms with Crippen molar-refractivity contribution in [2.75, 3.05) is 19.6 Å². The lowest BCUT2D eigenvalue weighted by Crippen LogP contribution is -2.53. The van der Waals surface area contributed by atoms with Crippen LogP contribution < -0.4 is 0 Å². The fourth-order valence-corrected chi connectivity index (χ4v) is 10.4. The lowest BCUT2D eigenvalue weighted by atomic mass is 9.44. The van der Waals surface area contributed by atoms with Gasteiger partial charge in [-0.25, -0.2) is 4.18 Å². The lowest BCUT2D eigenvalue weighted by molar-refractivity contribution is -0.114. The third-order valence-electron chi connectivity index (χ3n) is 11.7. The molecule has 0 radical (unpaired) electrons. The summed E-state index contributed by atoms with van der Waals surface area (Å²) < 4.78 is 36.0. The minimum atomic E-state index is -4.37. The van der Waals surface area contributed by atoms with Crippen molar-refractivity contribution in [3.8, 4) is 0 Å². The summed E-state index contributed by atoms with van der Waals surface area (Å²) >= 11 is 0. The van der Waals surface area contributed by atoms with Crippen LogP contribution in [0.3, 0.4) is 0 Å². The van der Waals surface area contributed by atoms with Crippen LogP contribution in [0.15, 0.2) is 0 Å². The molecule has 0 bridgehead atoms. The van der Waals surface area contributed by atoms with E-state index in [1.54, 1.807) is 6.92 Å². The maximum atomic E-state index is 11.1. The molecule has 0 aromatic carbocycles. The molecule has 4 rings (SSSR count). The van der Waals surface area contributed by atoms with Crippen molar-refractivity contribution < 1.29 is 17.2 Å². The van der Waals surface area contributed by atoms with Crippen molar-refractivity contribution in [3.63, 3.8) is 0 Å². The number of hydrogen-bond acceptors (Lipinski definition) is 4. The highest BCUT2D eigenvalue weighted by Crippen LogP contribution is 2.68. The average Bonchev–Trinajstić information content (AvgIpc) is 3.16. The van der Waals surface area contributed by atoms with Crippen LogP contribution in [-0.2, 0) is 14.6 Å². The summed E-state index contributed by atoms with van der Waals surface area (Å²) in [6.45, 7) is 19.3. The van der Waals surface area contributed by atoms with E-state index >= 15 is 0 Å². The molecule has 4 aliphatic carbocycles. The highest BCUT2D eigenvalue weighted by atomic mass is 32.3. The summed E-state index contributed by atoms with van der Waals surface area (Å²) in [5, 5.41) is 0. The summed E-state index contributed by atoms with van der Waals surface area (Å²) in [7, 11) is -4.37. The molecule has 5 unspecified atom stereocenters. The molecule has 6 heteroatoms. The van der Waals surface area contributed by atoms with E-state index in [9.17, 15) is 8.42 Å². The van der Waals surface area contributed by atoms with Crippen LogP contribution in [0, 0.1) is 46.3 Å². The Morgan fingerprint density at radius 1 is 0.861 bits per heavy atom. The molecule has 0 saturated heterocycles. The standard InChI is InChI=1S/C24H42O4S.C6H15N/c1-16(15-17(2)28-29(25,26)27)20-10-11-21-19-9-8-18-7-5-6-13-23(18,3)22(19)12-14-24(20,21)4;1-4-7(5-2)6-3/h16-22H,5-15H2,1-4H3,(H,25,26,27);4-6H2,1-3H3/t16-,17?,18?,19?,20-,21?,22?,23+,24-;/m1./s1. The molecule has 9 atom stereocenters. The van der Waals surface area contributed by atoms with Crippen LogP contribution >= 0.6 is 0 Å². The van der Waals surface area contributed by atoms with Gasteiger partial charge in [0.05, 0.1) is 6.10 Å². The van der Waals surface area contributed by atoms with Crippen molar-refractivity contribution >= 4 is 10.4 Å². The molecule has 0 amide bonds. The van der Waals surface area contributed by atoms with E-state index in [0.29, 0.717) is 29.1 Å². The normalized spacial score (nSPS) is 39.9. The van der Waals surface area contributed by atoms with E-state index in [1.807, 2.05) is 0 Å². The van der Waals surface area contributed by atoms with Crippen molar-refractivity contribution in [3.05, 3.63) is 0 Å². The number of rotatable bonds is 8. The van der Waals surface area contributed by atoms with Gasteiger partial charge in [-0.2, -0.15) is 8.42 Å². The monoisotopic (exact) mass is 527 g/mol. The molecule has 5 nitrogen and oxygen atoms in total. The van der Waals surface area contributed by atoms with Crippen molar-refractivity contribution in [2.24, 2.45) is 46.3 Å². The zero-order valence-corrected chi connectivity index (χ0v) is 25.3. The molecular weight excluding hydrogens is 470 g/mol. The summed E-state index contributed by atoms with van der Waals surface area (Å²) in [5.74, 6) is 4.69. The average molecular weight is 528 g/mol. The second-order valence-corrected chi connectivity index (χ2v) is 14.3. The minimum absolute atomic E-state index is 0.385. The highest BCUT2D eigenvalue weighted by Gasteiger charge is 2.60. The van der Waals surface area contributed by atoms with Gasteiger partial charge in [-0.05, 0) is 131 Å². The summed E-state index contributed by atoms with van der Waals surface area (Å²) in [4.78, 5) is 2.38. The zero-order valence-electron chi connectivity index (χ0n) is 24.5. The van der Waals surface area contributed by atoms with Crippen LogP contribution in [0.4, 0.5) is 0 Å². The Bertz CT molecular complexity index is 793. The van der Waals surface area contributed by atoms with E-state index in [2.05, 4.69) is 46.4 Å². The molecule has 0 spiro atoms. The van der Waals surface area contributed by atoms with Gasteiger partial charge in [0.25, 0.3) is 0 Å². The summed E-state index contributed by atoms with van der Waals surface area (Å²) in [6, 6.07) is 0. The van der Waals surface area contributed by atoms with Gasteiger partial charge in [0, 0.05) is 0 Å². The quantitative estimate of drug-likeness (QED) is 0.329. The Hall–Kier alpha value is -0.170. The maximum absolute atomic E-state index is 11.1. The Balaban J connectivity index is 0.000000454. The Labute approximate surface area is 223 Å². The van der Waals surface area contributed by atoms with Crippen molar-refractivity contribution in [1.29, 1.82) is 0 Å². The Morgan fingerprint density at radius 3 is 2.08 bits per heavy atom. The highest BCUT2D eigenvalue weighted by molar-refractivity contribution is 7.80. The van der Waals surface area contributed by atoms with E-state index < -0.39 is 16.5 Å². The molecule has 1 N–H and O–H groups in total. The fraction of sp³-hybridized carbons (Fsp3) is 1.00. The van der Waals surface area contributed by atoms with Gasteiger partial charge in [0.2, 0.25) is 0 Å². The van der Waals surface area contributed by atoms with Crippen LogP contribution in [0.5, 0.6) is 0 Å². The third kappa shape index (κ3) is 6.51. The van der Waals surface area contributed by atoms with E-state index in [-0.39, 0.29) is 0 Å². The molecule has 4 aliphatic rings. The number of nitrogens with zero attached hydrogens (tertiary/aromatic N) is 1. The summed E-state index contributed by atoms with van der Waals surface area (Å²) in [6.07, 6.45) is 14.3. The molecule has 212 valence electrons. The van der Waals surface area contributed by atoms with E-state index in [4.69, 9.17) is 8.74 Å². The zero-order chi connectivity index (χ0) is 26.7. The molecule has 36 heavy (non-hydrogen) atoms. The molecule has 0 heterocycles. The minimum Gasteiger partial charge on any atom is -0.304 e. The van der Waals surface area contributed by atoms with Gasteiger partial charge >= 0.3 is 10.4 Å². The van der Waals surface area contributed by atoms with Gasteiger partial charge in [-0.3, -0.25) is 4.55 Å². The first kappa shape index (κ1) is 30.4. The van der Waals surface area contributed by atoms with Gasteiger partial charge in [0.15, 0.2) is 0 Å². The van der Waals surface area contributed by atoms with Gasteiger partial charge in [0.1, 0.15) is 0 Å². The summed E-state index contributed by atoms with van der Waals surface area (Å²) in [5.41, 5.74) is 0.973. The molecular formula is C30H57NO4S. The predicted octanol–water partition coefficient (Wildman–Crippen LogP) is 7.62. The largest absolute Gasteiger partial charge is 0.397 e. The Morgan fingerprint density at radius 2 is 1.50 bits per heavy atom. The SMILES string of the molecule is CC(C[C@@H](C)[C@H]1CCC2C3CCC4CCCC[C@]4(C)C3CC[C@@]21C)OS(=O)(=O)O.CCN(CC)CC. The number of hydrogen-bond donors (Lipinski definition) is 1. The van der Waals surface area contributed by atoms with Crippen LogP contribution in [0.25, 0.3) is 0 Å². The first-order valence-corrected chi connectivity index (χ1v) is 16.6. The number of fused-ring (bicyclic) bond motifs is 5. The first-order chi connectivity index (χ1) is 16.9. The topological polar surface area (TPSA) is 66.8 Å². The molecule has 0 aromatic rings. The van der Waals surface area contributed by atoms with Gasteiger partial charge in [-0.15, -0.1) is 0 Å². The molecule has 0 aromatic heterocycles. The predicted molar refractivity (Wildman–Crippen MR) is 149 cm³/mol. The van der Waals surface area contributed by atoms with Crippen LogP contribution in [0.1, 0.15) is 119 Å². The maximum Gasteiger partial charge on any atom is 0.397 e. The first-order valence-electron chi connectivity index (χ1n) is 15.3. The smallest absolute Gasteiger partial charge is 0.304 e. The molecule has 4 saturated carbocycles. The lowest BCUT2D eigenvalue weighted by Gasteiger charge is -2.61. The fourth-order valence-electron chi connectivity index (χ4n) is 9.88. The van der Waals surface area contributed by atoms with Gasteiger partial charge in [-0.1, -0.05) is 54.4 Å². The van der Waals surface area contributed by atoms with Crippen LogP contribution in [0.2, 0.25) is 0 Å². The van der Waals surface area contributed by atoms with E-state index in [1.165, 1.54) is 83.8 Å². The van der Waals surface area contributed by atoms with Crippen LogP contribution in [-0.4, -0.2) is 43.6 Å². The molecule has 0 aliphatic heterocycles. The van der Waals surface area contributed by atoms with Crippen molar-refractivity contribution in [1.82, 2.24) is 4.90 Å².